The van der Waals surface area contributed by atoms with Crippen LogP contribution in [-0.4, -0.2) is 11.9 Å². The van der Waals surface area contributed by atoms with Crippen LogP contribution in [0.3, 0.4) is 0 Å². The standard InChI is InChI=1S/C24H16ClFN2O2S/c25-17-10-6-11-18(26)22(17)23(29)28-24(30)27-19-12-3-4-13-21(19)31-20-14-5-8-15-7-1-2-9-16(15)20/h1-14H,(H2,27,28,29,30). The first kappa shape index (κ1) is 20.9. The van der Waals surface area contributed by atoms with Crippen molar-refractivity contribution < 1.29 is 14.0 Å². The zero-order valence-electron chi connectivity index (χ0n) is 16.1. The Labute approximate surface area is 187 Å². The summed E-state index contributed by atoms with van der Waals surface area (Å²) in [6.45, 7) is 0. The molecule has 0 aliphatic carbocycles. The first-order chi connectivity index (χ1) is 15.0. The van der Waals surface area contributed by atoms with Crippen molar-refractivity contribution in [1.29, 1.82) is 0 Å². The van der Waals surface area contributed by atoms with Crippen LogP contribution in [0.1, 0.15) is 10.4 Å². The molecule has 0 radical (unpaired) electrons. The highest BCUT2D eigenvalue weighted by Gasteiger charge is 2.19. The van der Waals surface area contributed by atoms with Crippen molar-refractivity contribution in [2.75, 3.05) is 5.32 Å². The van der Waals surface area contributed by atoms with Gasteiger partial charge in [0.05, 0.1) is 16.3 Å². The van der Waals surface area contributed by atoms with E-state index in [0.29, 0.717) is 5.69 Å². The number of para-hydroxylation sites is 1. The maximum atomic E-state index is 13.9. The predicted molar refractivity (Wildman–Crippen MR) is 122 cm³/mol. The first-order valence-electron chi connectivity index (χ1n) is 9.34. The number of amides is 3. The molecule has 0 saturated carbocycles. The van der Waals surface area contributed by atoms with Gasteiger partial charge in [0, 0.05) is 9.79 Å². The number of anilines is 1. The predicted octanol–water partition coefficient (Wildman–Crippen LogP) is 6.75. The van der Waals surface area contributed by atoms with Gasteiger partial charge in [-0.2, -0.15) is 0 Å². The highest BCUT2D eigenvalue weighted by Crippen LogP contribution is 2.37. The SMILES string of the molecule is O=C(NC(=O)c1c(F)cccc1Cl)Nc1ccccc1Sc1cccc2ccccc12. The summed E-state index contributed by atoms with van der Waals surface area (Å²) in [5, 5.41) is 6.92. The summed E-state index contributed by atoms with van der Waals surface area (Å²) >= 11 is 7.39. The Morgan fingerprint density at radius 1 is 0.806 bits per heavy atom. The fourth-order valence-corrected chi connectivity index (χ4v) is 4.40. The topological polar surface area (TPSA) is 58.2 Å². The van der Waals surface area contributed by atoms with Crippen molar-refractivity contribution in [3.8, 4) is 0 Å². The van der Waals surface area contributed by atoms with Crippen molar-refractivity contribution in [3.05, 3.63) is 101 Å². The van der Waals surface area contributed by atoms with Crippen molar-refractivity contribution in [3.63, 3.8) is 0 Å². The highest BCUT2D eigenvalue weighted by molar-refractivity contribution is 7.99. The average Bonchev–Trinajstić information content (AvgIpc) is 2.75. The van der Waals surface area contributed by atoms with Gasteiger partial charge in [-0.05, 0) is 41.1 Å². The van der Waals surface area contributed by atoms with Crippen LogP contribution in [0.25, 0.3) is 10.8 Å². The molecule has 4 aromatic rings. The van der Waals surface area contributed by atoms with Gasteiger partial charge in [0.25, 0.3) is 5.91 Å². The lowest BCUT2D eigenvalue weighted by atomic mass is 10.1. The molecule has 4 nitrogen and oxygen atoms in total. The quantitative estimate of drug-likeness (QED) is 0.361. The normalized spacial score (nSPS) is 10.6. The summed E-state index contributed by atoms with van der Waals surface area (Å²) in [4.78, 5) is 26.6. The third-order valence-electron chi connectivity index (χ3n) is 4.52. The Balaban J connectivity index is 1.54. The molecular weight excluding hydrogens is 435 g/mol. The summed E-state index contributed by atoms with van der Waals surface area (Å²) in [6.07, 6.45) is 0. The fraction of sp³-hybridized carbons (Fsp3) is 0. The Morgan fingerprint density at radius 3 is 2.32 bits per heavy atom. The van der Waals surface area contributed by atoms with Crippen molar-refractivity contribution >= 4 is 51.8 Å². The molecule has 0 aliphatic heterocycles. The van der Waals surface area contributed by atoms with Crippen LogP contribution < -0.4 is 10.6 Å². The summed E-state index contributed by atoms with van der Waals surface area (Å²) in [5.41, 5.74) is 0.142. The molecule has 7 heteroatoms. The highest BCUT2D eigenvalue weighted by atomic mass is 35.5. The second-order valence-electron chi connectivity index (χ2n) is 6.58. The smallest absolute Gasteiger partial charge is 0.307 e. The van der Waals surface area contributed by atoms with Gasteiger partial charge in [-0.1, -0.05) is 78.0 Å². The van der Waals surface area contributed by atoms with E-state index >= 15 is 0 Å². The Bertz CT molecular complexity index is 1270. The number of halogens is 2. The number of benzene rings is 4. The van der Waals surface area contributed by atoms with Crippen LogP contribution in [-0.2, 0) is 0 Å². The number of hydrogen-bond donors (Lipinski definition) is 2. The van der Waals surface area contributed by atoms with Crippen LogP contribution in [0.4, 0.5) is 14.9 Å². The molecule has 4 aromatic carbocycles. The lowest BCUT2D eigenvalue weighted by Gasteiger charge is -2.13. The Kier molecular flexibility index (Phi) is 6.21. The molecule has 0 fully saturated rings. The molecule has 0 heterocycles. The van der Waals surface area contributed by atoms with Crippen molar-refractivity contribution in [2.45, 2.75) is 9.79 Å². The first-order valence-corrected chi connectivity index (χ1v) is 10.5. The lowest BCUT2D eigenvalue weighted by molar-refractivity contribution is 0.0963. The van der Waals surface area contributed by atoms with Crippen LogP contribution in [0.5, 0.6) is 0 Å². The van der Waals surface area contributed by atoms with E-state index in [1.807, 2.05) is 54.6 Å². The van der Waals surface area contributed by atoms with Gasteiger partial charge in [0.2, 0.25) is 0 Å². The molecule has 0 aliphatic rings. The molecule has 0 aromatic heterocycles. The number of hydrogen-bond acceptors (Lipinski definition) is 3. The molecule has 0 atom stereocenters. The summed E-state index contributed by atoms with van der Waals surface area (Å²) < 4.78 is 13.9. The minimum absolute atomic E-state index is 0.0720. The van der Waals surface area contributed by atoms with Gasteiger partial charge in [0.1, 0.15) is 5.82 Å². The van der Waals surface area contributed by atoms with Crippen molar-refractivity contribution in [2.24, 2.45) is 0 Å². The minimum atomic E-state index is -0.917. The maximum absolute atomic E-state index is 13.9. The number of nitrogens with one attached hydrogen (secondary N) is 2. The third kappa shape index (κ3) is 4.71. The van der Waals surface area contributed by atoms with Crippen molar-refractivity contribution in [1.82, 2.24) is 5.32 Å². The van der Waals surface area contributed by atoms with Crippen LogP contribution in [0.15, 0.2) is 94.7 Å². The van der Waals surface area contributed by atoms with E-state index in [0.717, 1.165) is 26.6 Å². The second kappa shape index (κ2) is 9.20. The van der Waals surface area contributed by atoms with E-state index in [1.165, 1.54) is 23.9 Å². The van der Waals surface area contributed by atoms with E-state index in [2.05, 4.69) is 10.6 Å². The molecule has 154 valence electrons. The average molecular weight is 451 g/mol. The number of imide groups is 1. The third-order valence-corrected chi connectivity index (χ3v) is 5.99. The fourth-order valence-electron chi connectivity index (χ4n) is 3.10. The van der Waals surface area contributed by atoms with Crippen LogP contribution in [0, 0.1) is 5.82 Å². The van der Waals surface area contributed by atoms with Gasteiger partial charge < -0.3 is 5.32 Å². The number of carbonyl (C=O) groups is 2. The Hall–Kier alpha value is -3.35. The summed E-state index contributed by atoms with van der Waals surface area (Å²) in [7, 11) is 0. The minimum Gasteiger partial charge on any atom is -0.307 e. The van der Waals surface area contributed by atoms with Gasteiger partial charge in [0.15, 0.2) is 0 Å². The van der Waals surface area contributed by atoms with Crippen LogP contribution >= 0.6 is 23.4 Å². The molecule has 3 amide bonds. The summed E-state index contributed by atoms with van der Waals surface area (Å²) in [5.74, 6) is -1.72. The molecule has 0 bridgehead atoms. The molecule has 0 saturated heterocycles. The molecular formula is C24H16ClFN2O2S. The van der Waals surface area contributed by atoms with Gasteiger partial charge >= 0.3 is 6.03 Å². The zero-order valence-corrected chi connectivity index (χ0v) is 17.6. The van der Waals surface area contributed by atoms with E-state index in [9.17, 15) is 14.0 Å². The molecule has 4 rings (SSSR count). The maximum Gasteiger partial charge on any atom is 0.326 e. The van der Waals surface area contributed by atoms with Gasteiger partial charge in [-0.3, -0.25) is 10.1 Å². The zero-order chi connectivity index (χ0) is 21.8. The molecule has 2 N–H and O–H groups in total. The Morgan fingerprint density at radius 2 is 1.48 bits per heavy atom. The van der Waals surface area contributed by atoms with Gasteiger partial charge in [-0.25, -0.2) is 9.18 Å². The largest absolute Gasteiger partial charge is 0.326 e. The van der Waals surface area contributed by atoms with E-state index in [1.54, 1.807) is 12.1 Å². The monoisotopic (exact) mass is 450 g/mol. The van der Waals surface area contributed by atoms with E-state index < -0.39 is 17.8 Å². The summed E-state index contributed by atoms with van der Waals surface area (Å²) in [6, 6.07) is 24.4. The number of rotatable bonds is 4. The van der Waals surface area contributed by atoms with E-state index in [4.69, 9.17) is 11.6 Å². The number of urea groups is 1. The molecule has 0 unspecified atom stereocenters. The van der Waals surface area contributed by atoms with Gasteiger partial charge in [-0.15, -0.1) is 0 Å². The molecule has 0 spiro atoms. The second-order valence-corrected chi connectivity index (χ2v) is 8.07. The number of fused-ring (bicyclic) bond motifs is 1. The molecule has 31 heavy (non-hydrogen) atoms. The lowest BCUT2D eigenvalue weighted by Crippen LogP contribution is -2.35. The number of carbonyl (C=O) groups excluding carboxylic acids is 2. The van der Waals surface area contributed by atoms with E-state index in [-0.39, 0.29) is 10.6 Å². The van der Waals surface area contributed by atoms with Crippen LogP contribution in [0.2, 0.25) is 5.02 Å².